The van der Waals surface area contributed by atoms with Gasteiger partial charge in [-0.25, -0.2) is 0 Å². The predicted octanol–water partition coefficient (Wildman–Crippen LogP) is 3.73. The Labute approximate surface area is 121 Å². The number of rotatable bonds is 6. The van der Waals surface area contributed by atoms with E-state index in [0.717, 1.165) is 30.5 Å². The highest BCUT2D eigenvalue weighted by atomic mass is 32.2. The quantitative estimate of drug-likeness (QED) is 0.801. The van der Waals surface area contributed by atoms with E-state index in [4.69, 9.17) is 0 Å². The van der Waals surface area contributed by atoms with E-state index in [9.17, 15) is 0 Å². The lowest BCUT2D eigenvalue weighted by Crippen LogP contribution is -2.28. The van der Waals surface area contributed by atoms with Crippen LogP contribution < -0.4 is 5.32 Å². The Morgan fingerprint density at radius 3 is 2.84 bits per heavy atom. The second-order valence-electron chi connectivity index (χ2n) is 5.56. The zero-order valence-electron chi connectivity index (χ0n) is 11.9. The van der Waals surface area contributed by atoms with E-state index in [0.29, 0.717) is 6.04 Å². The number of amidine groups is 1. The Morgan fingerprint density at radius 2 is 2.11 bits per heavy atom. The molecular weight excluding hydrogens is 252 g/mol. The molecule has 104 valence electrons. The number of hydrogen-bond acceptors (Lipinski definition) is 2. The maximum absolute atomic E-state index is 4.66. The highest BCUT2D eigenvalue weighted by Crippen LogP contribution is 2.19. The fourth-order valence-corrected chi connectivity index (χ4v) is 3.34. The van der Waals surface area contributed by atoms with Gasteiger partial charge in [0.1, 0.15) is 0 Å². The topological polar surface area (TPSA) is 24.4 Å². The van der Waals surface area contributed by atoms with Crippen molar-refractivity contribution in [2.45, 2.75) is 39.2 Å². The Hall–Kier alpha value is -0.960. The van der Waals surface area contributed by atoms with Gasteiger partial charge in [0.15, 0.2) is 5.17 Å². The van der Waals surface area contributed by atoms with Crippen LogP contribution in [0.3, 0.4) is 0 Å². The molecule has 0 radical (unpaired) electrons. The second kappa shape index (κ2) is 7.59. The first kappa shape index (κ1) is 14.4. The van der Waals surface area contributed by atoms with Crippen LogP contribution in [0.15, 0.2) is 35.3 Å². The first-order chi connectivity index (χ1) is 9.24. The molecule has 0 saturated carbocycles. The van der Waals surface area contributed by atoms with Gasteiger partial charge in [-0.3, -0.25) is 4.99 Å². The summed E-state index contributed by atoms with van der Waals surface area (Å²) in [6.45, 7) is 5.49. The van der Waals surface area contributed by atoms with Gasteiger partial charge in [0.2, 0.25) is 0 Å². The SMILES string of the molecule is CC(C)CC1CSC(=NCCCc2ccccc2)N1. The third-order valence-corrected chi connectivity index (χ3v) is 4.32. The molecule has 1 aromatic rings. The molecule has 1 fully saturated rings. The van der Waals surface area contributed by atoms with Crippen molar-refractivity contribution in [3.05, 3.63) is 35.9 Å². The van der Waals surface area contributed by atoms with Crippen molar-refractivity contribution in [2.75, 3.05) is 12.3 Å². The number of hydrogen-bond donors (Lipinski definition) is 1. The fourth-order valence-electron chi connectivity index (χ4n) is 2.33. The largest absolute Gasteiger partial charge is 0.361 e. The maximum Gasteiger partial charge on any atom is 0.156 e. The van der Waals surface area contributed by atoms with E-state index < -0.39 is 0 Å². The van der Waals surface area contributed by atoms with Crippen molar-refractivity contribution < 1.29 is 0 Å². The molecule has 0 aromatic heterocycles. The third kappa shape index (κ3) is 5.27. The van der Waals surface area contributed by atoms with Gasteiger partial charge in [-0.15, -0.1) is 0 Å². The van der Waals surface area contributed by atoms with Gasteiger partial charge in [0.25, 0.3) is 0 Å². The van der Waals surface area contributed by atoms with Crippen LogP contribution in [0.4, 0.5) is 0 Å². The standard InChI is InChI=1S/C16H24N2S/c1-13(2)11-15-12-19-16(18-15)17-10-6-9-14-7-4-3-5-8-14/h3-5,7-8,13,15H,6,9-12H2,1-2H3,(H,17,18). The van der Waals surface area contributed by atoms with Gasteiger partial charge in [0, 0.05) is 18.3 Å². The summed E-state index contributed by atoms with van der Waals surface area (Å²) in [5.41, 5.74) is 1.41. The Kier molecular flexibility index (Phi) is 5.77. The summed E-state index contributed by atoms with van der Waals surface area (Å²) in [6, 6.07) is 11.3. The summed E-state index contributed by atoms with van der Waals surface area (Å²) >= 11 is 1.88. The summed E-state index contributed by atoms with van der Waals surface area (Å²) in [6.07, 6.45) is 3.50. The zero-order chi connectivity index (χ0) is 13.5. The van der Waals surface area contributed by atoms with Crippen LogP contribution in [0.25, 0.3) is 0 Å². The molecule has 3 heteroatoms. The van der Waals surface area contributed by atoms with E-state index >= 15 is 0 Å². The van der Waals surface area contributed by atoms with E-state index in [1.165, 1.54) is 17.7 Å². The van der Waals surface area contributed by atoms with Gasteiger partial charge in [-0.1, -0.05) is 55.9 Å². The first-order valence-electron chi connectivity index (χ1n) is 7.21. The maximum atomic E-state index is 4.66. The molecule has 1 saturated heterocycles. The van der Waals surface area contributed by atoms with Crippen LogP contribution in [0.1, 0.15) is 32.3 Å². The molecule has 0 amide bonds. The van der Waals surface area contributed by atoms with Crippen molar-refractivity contribution in [2.24, 2.45) is 10.9 Å². The minimum Gasteiger partial charge on any atom is -0.361 e. The van der Waals surface area contributed by atoms with Crippen LogP contribution in [0, 0.1) is 5.92 Å². The third-order valence-electron chi connectivity index (χ3n) is 3.23. The van der Waals surface area contributed by atoms with Crippen LogP contribution >= 0.6 is 11.8 Å². The van der Waals surface area contributed by atoms with Gasteiger partial charge >= 0.3 is 0 Å². The van der Waals surface area contributed by atoms with E-state index in [1.807, 2.05) is 11.8 Å². The number of thioether (sulfide) groups is 1. The molecule has 1 aliphatic rings. The summed E-state index contributed by atoms with van der Waals surface area (Å²) in [5, 5.41) is 4.69. The molecule has 1 N–H and O–H groups in total. The number of benzene rings is 1. The molecule has 0 spiro atoms. The summed E-state index contributed by atoms with van der Waals surface area (Å²) < 4.78 is 0. The zero-order valence-corrected chi connectivity index (χ0v) is 12.7. The van der Waals surface area contributed by atoms with Gasteiger partial charge in [0.05, 0.1) is 0 Å². The van der Waals surface area contributed by atoms with Gasteiger partial charge < -0.3 is 5.32 Å². The fraction of sp³-hybridized carbons (Fsp3) is 0.562. The number of aryl methyl sites for hydroxylation is 1. The molecule has 1 atom stereocenters. The molecule has 0 aliphatic carbocycles. The Morgan fingerprint density at radius 1 is 1.32 bits per heavy atom. The molecule has 19 heavy (non-hydrogen) atoms. The Bertz CT molecular complexity index is 400. The van der Waals surface area contributed by atoms with Crippen molar-refractivity contribution in [3.63, 3.8) is 0 Å². The lowest BCUT2D eigenvalue weighted by Gasteiger charge is -2.11. The van der Waals surface area contributed by atoms with Crippen LogP contribution in [-0.2, 0) is 6.42 Å². The molecule has 0 bridgehead atoms. The van der Waals surface area contributed by atoms with Gasteiger partial charge in [-0.05, 0) is 30.7 Å². The van der Waals surface area contributed by atoms with Crippen LogP contribution in [0.2, 0.25) is 0 Å². The molecule has 2 rings (SSSR count). The lowest BCUT2D eigenvalue weighted by molar-refractivity contribution is 0.502. The number of nitrogens with zero attached hydrogens (tertiary/aromatic N) is 1. The molecular formula is C16H24N2S. The smallest absolute Gasteiger partial charge is 0.156 e. The van der Waals surface area contributed by atoms with E-state index in [2.05, 4.69) is 54.5 Å². The van der Waals surface area contributed by atoms with Crippen molar-refractivity contribution in [1.82, 2.24) is 5.32 Å². The second-order valence-corrected chi connectivity index (χ2v) is 6.57. The monoisotopic (exact) mass is 276 g/mol. The highest BCUT2D eigenvalue weighted by molar-refractivity contribution is 8.14. The molecule has 1 unspecified atom stereocenters. The van der Waals surface area contributed by atoms with Crippen LogP contribution in [-0.4, -0.2) is 23.5 Å². The molecule has 1 heterocycles. The minimum absolute atomic E-state index is 0.623. The van der Waals surface area contributed by atoms with Crippen LogP contribution in [0.5, 0.6) is 0 Å². The van der Waals surface area contributed by atoms with E-state index in [1.54, 1.807) is 0 Å². The highest BCUT2D eigenvalue weighted by Gasteiger charge is 2.20. The minimum atomic E-state index is 0.623. The average molecular weight is 276 g/mol. The number of aliphatic imine (C=N–C) groups is 1. The Balaban J connectivity index is 1.67. The van der Waals surface area contributed by atoms with Crippen molar-refractivity contribution in [3.8, 4) is 0 Å². The first-order valence-corrected chi connectivity index (χ1v) is 8.20. The normalized spacial score (nSPS) is 21.0. The summed E-state index contributed by atoms with van der Waals surface area (Å²) in [5.74, 6) is 1.94. The average Bonchev–Trinajstić information content (AvgIpc) is 2.83. The number of nitrogens with one attached hydrogen (secondary N) is 1. The predicted molar refractivity (Wildman–Crippen MR) is 85.9 cm³/mol. The molecule has 1 aromatic carbocycles. The summed E-state index contributed by atoms with van der Waals surface area (Å²) in [4.78, 5) is 4.66. The molecule has 2 nitrogen and oxygen atoms in total. The lowest BCUT2D eigenvalue weighted by atomic mass is 10.1. The van der Waals surface area contributed by atoms with Crippen molar-refractivity contribution >= 4 is 16.9 Å². The van der Waals surface area contributed by atoms with E-state index in [-0.39, 0.29) is 0 Å². The van der Waals surface area contributed by atoms with Gasteiger partial charge in [-0.2, -0.15) is 0 Å². The summed E-state index contributed by atoms with van der Waals surface area (Å²) in [7, 11) is 0. The molecule has 1 aliphatic heterocycles. The van der Waals surface area contributed by atoms with Crippen molar-refractivity contribution in [1.29, 1.82) is 0 Å².